The van der Waals surface area contributed by atoms with Gasteiger partial charge in [-0.1, -0.05) is 24.3 Å². The molecule has 1 amide bonds. The molecule has 3 heterocycles. The van der Waals surface area contributed by atoms with E-state index in [2.05, 4.69) is 32.2 Å². The molecule has 2 aromatic carbocycles. The van der Waals surface area contributed by atoms with Gasteiger partial charge in [0.05, 0.1) is 7.11 Å². The Kier molecular flexibility index (Phi) is 7.56. The number of anilines is 1. The number of pyridine rings is 1. The number of fused-ring (bicyclic) bond motifs is 1. The first-order chi connectivity index (χ1) is 17.6. The summed E-state index contributed by atoms with van der Waals surface area (Å²) in [6, 6.07) is 17.8. The second kappa shape index (κ2) is 11.2. The van der Waals surface area contributed by atoms with Crippen LogP contribution in [0.4, 0.5) is 5.82 Å². The van der Waals surface area contributed by atoms with Gasteiger partial charge in [0.25, 0.3) is 0 Å². The molecule has 2 saturated heterocycles. The smallest absolute Gasteiger partial charge is 0.223 e. The fourth-order valence-corrected chi connectivity index (χ4v) is 5.40. The van der Waals surface area contributed by atoms with Crippen molar-refractivity contribution in [3.63, 3.8) is 0 Å². The van der Waals surface area contributed by atoms with Gasteiger partial charge in [-0.05, 0) is 80.6 Å². The molecule has 1 aromatic heterocycles. The standard InChI is InChI=1S/C29H36N4O3/c1-36-25-8-5-22(6-9-25)20-32-15-11-21(12-16-32)19-30-29(35)24-13-17-33(18-14-24)27-10-7-23-3-2-4-26(34)28(23)31-27/h2-10,21,24,34H,11-20H2,1H3,(H,30,35). The van der Waals surface area contributed by atoms with Gasteiger partial charge in [-0.15, -0.1) is 0 Å². The number of methoxy groups -OCH3 is 1. The van der Waals surface area contributed by atoms with Crippen LogP contribution in [0.15, 0.2) is 54.6 Å². The van der Waals surface area contributed by atoms with E-state index in [9.17, 15) is 9.90 Å². The zero-order valence-corrected chi connectivity index (χ0v) is 21.0. The topological polar surface area (TPSA) is 77.9 Å². The van der Waals surface area contributed by atoms with E-state index in [4.69, 9.17) is 4.74 Å². The first kappa shape index (κ1) is 24.4. The van der Waals surface area contributed by atoms with Crippen LogP contribution >= 0.6 is 0 Å². The number of nitrogens with zero attached hydrogens (tertiary/aromatic N) is 3. The number of rotatable bonds is 7. The number of phenolic OH excluding ortho intramolecular Hbond substituents is 1. The number of hydrogen-bond donors (Lipinski definition) is 2. The molecule has 3 aromatic rings. The molecule has 0 bridgehead atoms. The summed E-state index contributed by atoms with van der Waals surface area (Å²) in [5.41, 5.74) is 1.94. The Balaban J connectivity index is 1.04. The van der Waals surface area contributed by atoms with E-state index in [1.54, 1.807) is 13.2 Å². The molecule has 36 heavy (non-hydrogen) atoms. The number of aromatic hydroxyl groups is 1. The fourth-order valence-electron chi connectivity index (χ4n) is 5.40. The van der Waals surface area contributed by atoms with Crippen molar-refractivity contribution in [1.82, 2.24) is 15.2 Å². The Morgan fingerprint density at radius 3 is 2.47 bits per heavy atom. The lowest BCUT2D eigenvalue weighted by atomic mass is 9.94. The second-order valence-corrected chi connectivity index (χ2v) is 10.1. The van der Waals surface area contributed by atoms with E-state index in [-0.39, 0.29) is 17.6 Å². The lowest BCUT2D eigenvalue weighted by molar-refractivity contribution is -0.125. The number of carbonyl (C=O) groups is 1. The highest BCUT2D eigenvalue weighted by Crippen LogP contribution is 2.28. The molecule has 2 aliphatic rings. The summed E-state index contributed by atoms with van der Waals surface area (Å²) in [5, 5.41) is 14.3. The van der Waals surface area contributed by atoms with E-state index in [0.29, 0.717) is 11.4 Å². The molecule has 0 spiro atoms. The minimum absolute atomic E-state index is 0.0604. The van der Waals surface area contributed by atoms with Crippen molar-refractivity contribution in [1.29, 1.82) is 0 Å². The number of benzene rings is 2. The monoisotopic (exact) mass is 488 g/mol. The number of hydrogen-bond acceptors (Lipinski definition) is 6. The van der Waals surface area contributed by atoms with Crippen LogP contribution < -0.4 is 15.0 Å². The fraction of sp³-hybridized carbons (Fsp3) is 0.448. The zero-order valence-electron chi connectivity index (χ0n) is 21.0. The lowest BCUT2D eigenvalue weighted by Crippen LogP contribution is -2.43. The summed E-state index contributed by atoms with van der Waals surface area (Å²) in [7, 11) is 1.69. The van der Waals surface area contributed by atoms with E-state index in [1.165, 1.54) is 5.56 Å². The van der Waals surface area contributed by atoms with Crippen molar-refractivity contribution in [3.8, 4) is 11.5 Å². The van der Waals surface area contributed by atoms with Gasteiger partial charge in [-0.2, -0.15) is 0 Å². The molecule has 0 saturated carbocycles. The van der Waals surface area contributed by atoms with Gasteiger partial charge in [0.2, 0.25) is 5.91 Å². The predicted molar refractivity (Wildman–Crippen MR) is 142 cm³/mol. The number of para-hydroxylation sites is 1. The summed E-state index contributed by atoms with van der Waals surface area (Å²) in [5.74, 6) is 2.77. The van der Waals surface area contributed by atoms with E-state index < -0.39 is 0 Å². The van der Waals surface area contributed by atoms with Crippen molar-refractivity contribution in [2.24, 2.45) is 11.8 Å². The SMILES string of the molecule is COc1ccc(CN2CCC(CNC(=O)C3CCN(c4ccc5cccc(O)c5n4)CC3)CC2)cc1. The molecule has 2 fully saturated rings. The Hall–Kier alpha value is -3.32. The normalized spacial score (nSPS) is 17.9. The Morgan fingerprint density at radius 1 is 1.00 bits per heavy atom. The molecule has 0 unspecified atom stereocenters. The van der Waals surface area contributed by atoms with E-state index in [0.717, 1.165) is 81.9 Å². The number of nitrogens with one attached hydrogen (secondary N) is 1. The van der Waals surface area contributed by atoms with Crippen LogP contribution in [0.5, 0.6) is 11.5 Å². The van der Waals surface area contributed by atoms with Crippen molar-refractivity contribution in [2.75, 3.05) is 44.7 Å². The summed E-state index contributed by atoms with van der Waals surface area (Å²) in [6.45, 7) is 5.48. The van der Waals surface area contributed by atoms with Crippen LogP contribution in [0.2, 0.25) is 0 Å². The minimum Gasteiger partial charge on any atom is -0.506 e. The molecule has 7 heteroatoms. The van der Waals surface area contributed by atoms with Crippen molar-refractivity contribution < 1.29 is 14.6 Å². The third-order valence-electron chi connectivity index (χ3n) is 7.71. The number of phenols is 1. The molecule has 7 nitrogen and oxygen atoms in total. The molecular formula is C29H36N4O3. The van der Waals surface area contributed by atoms with Gasteiger partial charge in [-0.3, -0.25) is 9.69 Å². The van der Waals surface area contributed by atoms with Crippen molar-refractivity contribution in [2.45, 2.75) is 32.2 Å². The number of amides is 1. The number of aromatic nitrogens is 1. The van der Waals surface area contributed by atoms with E-state index in [1.807, 2.05) is 36.4 Å². The summed E-state index contributed by atoms with van der Waals surface area (Å²) < 4.78 is 5.25. The third kappa shape index (κ3) is 5.73. The summed E-state index contributed by atoms with van der Waals surface area (Å²) in [4.78, 5) is 22.2. The maximum Gasteiger partial charge on any atom is 0.223 e. The van der Waals surface area contributed by atoms with Crippen LogP contribution in [-0.4, -0.2) is 60.7 Å². The van der Waals surface area contributed by atoms with Crippen LogP contribution in [0.25, 0.3) is 10.9 Å². The number of carbonyl (C=O) groups excluding carboxylic acids is 1. The highest BCUT2D eigenvalue weighted by atomic mass is 16.5. The number of piperidine rings is 2. The summed E-state index contributed by atoms with van der Waals surface area (Å²) >= 11 is 0. The van der Waals surface area contributed by atoms with Gasteiger partial charge in [0, 0.05) is 37.5 Å². The second-order valence-electron chi connectivity index (χ2n) is 10.1. The molecule has 2 N–H and O–H groups in total. The van der Waals surface area contributed by atoms with Gasteiger partial charge in [0.15, 0.2) is 0 Å². The van der Waals surface area contributed by atoms with Crippen molar-refractivity contribution >= 4 is 22.6 Å². The maximum atomic E-state index is 12.9. The molecule has 190 valence electrons. The highest BCUT2D eigenvalue weighted by Gasteiger charge is 2.27. The van der Waals surface area contributed by atoms with Crippen molar-refractivity contribution in [3.05, 3.63) is 60.2 Å². The van der Waals surface area contributed by atoms with Crippen LogP contribution in [0.3, 0.4) is 0 Å². The Morgan fingerprint density at radius 2 is 1.75 bits per heavy atom. The Bertz CT molecular complexity index is 1170. The van der Waals surface area contributed by atoms with Gasteiger partial charge in [0.1, 0.15) is 22.8 Å². The molecule has 2 aliphatic heterocycles. The highest BCUT2D eigenvalue weighted by molar-refractivity contribution is 5.85. The first-order valence-electron chi connectivity index (χ1n) is 13.1. The largest absolute Gasteiger partial charge is 0.506 e. The number of ether oxygens (including phenoxy) is 1. The maximum absolute atomic E-state index is 12.9. The molecule has 0 atom stereocenters. The zero-order chi connectivity index (χ0) is 24.9. The van der Waals surface area contributed by atoms with Gasteiger partial charge >= 0.3 is 0 Å². The lowest BCUT2D eigenvalue weighted by Gasteiger charge is -2.34. The number of likely N-dealkylation sites (tertiary alicyclic amines) is 1. The quantitative estimate of drug-likeness (QED) is 0.519. The van der Waals surface area contributed by atoms with E-state index >= 15 is 0 Å². The summed E-state index contributed by atoms with van der Waals surface area (Å²) in [6.07, 6.45) is 3.89. The molecule has 5 rings (SSSR count). The molecule has 0 aliphatic carbocycles. The van der Waals surface area contributed by atoms with Crippen LogP contribution in [0.1, 0.15) is 31.2 Å². The first-order valence-corrected chi connectivity index (χ1v) is 13.1. The molecule has 0 radical (unpaired) electrons. The minimum atomic E-state index is 0.0604. The van der Waals surface area contributed by atoms with Gasteiger partial charge in [-0.25, -0.2) is 4.98 Å². The average Bonchev–Trinajstić information content (AvgIpc) is 2.93. The third-order valence-corrected chi connectivity index (χ3v) is 7.71. The average molecular weight is 489 g/mol. The van der Waals surface area contributed by atoms with Crippen LogP contribution in [-0.2, 0) is 11.3 Å². The predicted octanol–water partition coefficient (Wildman–Crippen LogP) is 4.19. The Labute approximate surface area is 213 Å². The molecular weight excluding hydrogens is 452 g/mol. The van der Waals surface area contributed by atoms with Gasteiger partial charge < -0.3 is 20.1 Å². The van der Waals surface area contributed by atoms with Crippen LogP contribution in [0, 0.1) is 11.8 Å².